The van der Waals surface area contributed by atoms with Crippen molar-refractivity contribution in [3.05, 3.63) is 140 Å². The molecule has 0 heterocycles. The molecular formula is C36H56B2N4O4. The third kappa shape index (κ3) is 25.9. The fraction of sp³-hybridized carbons (Fsp3) is 0.333. The van der Waals surface area contributed by atoms with E-state index in [0.29, 0.717) is 11.1 Å². The summed E-state index contributed by atoms with van der Waals surface area (Å²) in [6, 6.07) is 28.9. The van der Waals surface area contributed by atoms with Gasteiger partial charge in [-0.3, -0.25) is 20.2 Å². The first-order valence-electron chi connectivity index (χ1n) is 15.1. The van der Waals surface area contributed by atoms with Gasteiger partial charge >= 0.3 is 0 Å². The summed E-state index contributed by atoms with van der Waals surface area (Å²) in [5.74, 6) is 0. The highest BCUT2D eigenvalue weighted by Crippen LogP contribution is 2.15. The maximum Gasteiger partial charge on any atom is 0.272 e. The molecular weight excluding hydrogens is 574 g/mol. The number of nitrogens with two attached hydrogens (primary N) is 2. The second kappa shape index (κ2) is 36.6. The predicted octanol–water partition coefficient (Wildman–Crippen LogP) is 10.3. The monoisotopic (exact) mass is 630 g/mol. The standard InChI is InChI=1S/2C7H7NO2.2C7H9N.4C2H6.2B/c2*1-6-4-2-3-5-7(6)8(9)10;2*1-6-4-2-3-5-7(6)8;4*1-2;;/h2*2-5H,1H3;2*2-5H,8H2,1H3;4*1-2H3;;. The molecule has 0 spiro atoms. The Balaban J connectivity index is -0.000000107. The second-order valence-corrected chi connectivity index (χ2v) is 7.80. The van der Waals surface area contributed by atoms with E-state index in [0.717, 1.165) is 22.5 Å². The summed E-state index contributed by atoms with van der Waals surface area (Å²) in [6.07, 6.45) is 0. The first-order valence-corrected chi connectivity index (χ1v) is 15.1. The Bertz CT molecular complexity index is 1150. The van der Waals surface area contributed by atoms with Gasteiger partial charge in [0.05, 0.1) is 9.85 Å². The van der Waals surface area contributed by atoms with Crippen LogP contribution in [-0.2, 0) is 0 Å². The molecule has 0 aliphatic carbocycles. The maximum atomic E-state index is 10.2. The number of nitro groups is 2. The molecule has 6 radical (unpaired) electrons. The topological polar surface area (TPSA) is 138 Å². The molecule has 0 unspecified atom stereocenters. The van der Waals surface area contributed by atoms with E-state index in [9.17, 15) is 20.2 Å². The molecule has 8 nitrogen and oxygen atoms in total. The summed E-state index contributed by atoms with van der Waals surface area (Å²) in [5, 5.41) is 20.5. The Morgan fingerprint density at radius 2 is 0.609 bits per heavy atom. The normalized spacial score (nSPS) is 7.74. The zero-order valence-electron chi connectivity index (χ0n) is 30.1. The molecule has 0 saturated carbocycles. The van der Waals surface area contributed by atoms with Crippen LogP contribution < -0.4 is 11.5 Å². The number of para-hydroxylation sites is 4. The summed E-state index contributed by atoms with van der Waals surface area (Å²) in [6.45, 7) is 23.4. The van der Waals surface area contributed by atoms with Gasteiger partial charge in [-0.2, -0.15) is 0 Å². The third-order valence-corrected chi connectivity index (χ3v) is 5.00. The summed E-state index contributed by atoms with van der Waals surface area (Å²) < 4.78 is 0. The quantitative estimate of drug-likeness (QED) is 0.0978. The lowest BCUT2D eigenvalue weighted by atomic mass is 10.2. The van der Waals surface area contributed by atoms with Gasteiger partial charge in [0, 0.05) is 51.5 Å². The van der Waals surface area contributed by atoms with E-state index < -0.39 is 0 Å². The van der Waals surface area contributed by atoms with Gasteiger partial charge in [-0.15, -0.1) is 0 Å². The number of hydrogen-bond donors (Lipinski definition) is 2. The number of nitro benzene ring substituents is 2. The maximum absolute atomic E-state index is 10.2. The van der Waals surface area contributed by atoms with Crippen molar-refractivity contribution in [1.29, 1.82) is 0 Å². The molecule has 4 N–H and O–H groups in total. The van der Waals surface area contributed by atoms with Gasteiger partial charge in [-0.05, 0) is 51.0 Å². The van der Waals surface area contributed by atoms with Crippen LogP contribution in [0.5, 0.6) is 0 Å². The summed E-state index contributed by atoms with van der Waals surface area (Å²) in [5.41, 5.74) is 16.8. The van der Waals surface area contributed by atoms with Crippen LogP contribution in [0.1, 0.15) is 77.6 Å². The van der Waals surface area contributed by atoms with Crippen molar-refractivity contribution >= 4 is 39.6 Å². The van der Waals surface area contributed by atoms with Crippen LogP contribution in [0.3, 0.4) is 0 Å². The smallest absolute Gasteiger partial charge is 0.272 e. The molecule has 0 atom stereocenters. The van der Waals surface area contributed by atoms with E-state index in [2.05, 4.69) is 0 Å². The van der Waals surface area contributed by atoms with Crippen LogP contribution in [0, 0.1) is 47.9 Å². The highest BCUT2D eigenvalue weighted by Gasteiger charge is 2.06. The molecule has 0 fully saturated rings. The molecule has 250 valence electrons. The Labute approximate surface area is 283 Å². The minimum atomic E-state index is -0.380. The Morgan fingerprint density at radius 3 is 0.739 bits per heavy atom. The molecule has 0 saturated heterocycles. The SMILES string of the molecule is CC.CC.CC.CC.Cc1ccccc1N.Cc1ccccc1N.Cc1ccccc1[N+](=O)[O-].Cc1ccccc1[N+](=O)[O-].[B].[B]. The van der Waals surface area contributed by atoms with Crippen LogP contribution in [0.15, 0.2) is 97.1 Å². The van der Waals surface area contributed by atoms with Crippen molar-refractivity contribution in [3.8, 4) is 0 Å². The van der Waals surface area contributed by atoms with Crippen molar-refractivity contribution in [1.82, 2.24) is 0 Å². The summed E-state index contributed by atoms with van der Waals surface area (Å²) >= 11 is 0. The lowest BCUT2D eigenvalue weighted by Crippen LogP contribution is -1.89. The molecule has 4 rings (SSSR count). The lowest BCUT2D eigenvalue weighted by molar-refractivity contribution is -0.385. The fourth-order valence-electron chi connectivity index (χ4n) is 2.71. The van der Waals surface area contributed by atoms with E-state index in [1.165, 1.54) is 12.1 Å². The molecule has 0 aliphatic heterocycles. The van der Waals surface area contributed by atoms with Crippen LogP contribution in [-0.4, -0.2) is 26.7 Å². The van der Waals surface area contributed by atoms with Gasteiger partial charge in [-0.25, -0.2) is 0 Å². The third-order valence-electron chi connectivity index (χ3n) is 5.00. The average Bonchev–Trinajstić information content (AvgIpc) is 3.05. The van der Waals surface area contributed by atoms with E-state index in [1.54, 1.807) is 50.2 Å². The molecule has 0 aliphatic rings. The van der Waals surface area contributed by atoms with Crippen molar-refractivity contribution in [2.24, 2.45) is 0 Å². The van der Waals surface area contributed by atoms with Crippen LogP contribution >= 0.6 is 0 Å². The number of anilines is 2. The molecule has 0 amide bonds. The van der Waals surface area contributed by atoms with Crippen LogP contribution in [0.2, 0.25) is 0 Å². The number of nitrogen functional groups attached to an aromatic ring is 2. The van der Waals surface area contributed by atoms with Crippen molar-refractivity contribution in [2.75, 3.05) is 11.5 Å². The zero-order chi connectivity index (χ0) is 35.1. The lowest BCUT2D eigenvalue weighted by Gasteiger charge is -1.93. The van der Waals surface area contributed by atoms with Crippen LogP contribution in [0.4, 0.5) is 22.7 Å². The first kappa shape index (κ1) is 53.9. The molecule has 46 heavy (non-hydrogen) atoms. The highest BCUT2D eigenvalue weighted by atomic mass is 16.6. The van der Waals surface area contributed by atoms with Crippen LogP contribution in [0.25, 0.3) is 0 Å². The number of hydrogen-bond acceptors (Lipinski definition) is 6. The Morgan fingerprint density at radius 1 is 0.413 bits per heavy atom. The van der Waals surface area contributed by atoms with E-state index >= 15 is 0 Å². The second-order valence-electron chi connectivity index (χ2n) is 7.80. The van der Waals surface area contributed by atoms with Gasteiger partial charge in [0.25, 0.3) is 11.4 Å². The molecule has 4 aromatic carbocycles. The van der Waals surface area contributed by atoms with E-state index in [-0.39, 0.29) is 38.0 Å². The molecule has 0 bridgehead atoms. The Hall–Kier alpha value is -4.59. The van der Waals surface area contributed by atoms with Crippen molar-refractivity contribution in [2.45, 2.75) is 83.1 Å². The van der Waals surface area contributed by atoms with Crippen molar-refractivity contribution < 1.29 is 9.85 Å². The number of nitrogens with zero attached hydrogens (tertiary/aromatic N) is 2. The van der Waals surface area contributed by atoms with Gasteiger partial charge in [0.2, 0.25) is 0 Å². The molecule has 10 heteroatoms. The molecule has 0 aromatic heterocycles. The largest absolute Gasteiger partial charge is 0.399 e. The first-order chi connectivity index (χ1) is 21.0. The minimum Gasteiger partial charge on any atom is -0.399 e. The van der Waals surface area contributed by atoms with Gasteiger partial charge in [0.15, 0.2) is 0 Å². The van der Waals surface area contributed by atoms with E-state index in [4.69, 9.17) is 11.5 Å². The highest BCUT2D eigenvalue weighted by molar-refractivity contribution is 5.76. The van der Waals surface area contributed by atoms with Gasteiger partial charge in [-0.1, -0.05) is 128 Å². The average molecular weight is 630 g/mol. The summed E-state index contributed by atoms with van der Waals surface area (Å²) in [4.78, 5) is 19.7. The minimum absolute atomic E-state index is 0. The van der Waals surface area contributed by atoms with Gasteiger partial charge < -0.3 is 11.5 Å². The summed E-state index contributed by atoms with van der Waals surface area (Å²) in [7, 11) is 0. The number of benzene rings is 4. The van der Waals surface area contributed by atoms with Gasteiger partial charge in [0.1, 0.15) is 0 Å². The Kier molecular flexibility index (Phi) is 42.9. The number of rotatable bonds is 2. The van der Waals surface area contributed by atoms with E-state index in [1.807, 2.05) is 118 Å². The van der Waals surface area contributed by atoms with Crippen molar-refractivity contribution in [3.63, 3.8) is 0 Å². The fourth-order valence-corrected chi connectivity index (χ4v) is 2.71. The number of aryl methyl sites for hydroxylation is 4. The predicted molar refractivity (Wildman–Crippen MR) is 204 cm³/mol. The molecule has 4 aromatic rings. The zero-order valence-corrected chi connectivity index (χ0v) is 30.1.